The Morgan fingerprint density at radius 3 is 2.88 bits per heavy atom. The molecule has 5 rings (SSSR count). The summed E-state index contributed by atoms with van der Waals surface area (Å²) in [5, 5.41) is 0.986. The summed E-state index contributed by atoms with van der Waals surface area (Å²) in [7, 11) is 0. The number of nitrogens with zero attached hydrogens (tertiary/aromatic N) is 1. The van der Waals surface area contributed by atoms with Gasteiger partial charge in [0.15, 0.2) is 5.90 Å². The van der Waals surface area contributed by atoms with Gasteiger partial charge in [-0.25, -0.2) is 4.99 Å². The number of rotatable bonds is 2. The van der Waals surface area contributed by atoms with Gasteiger partial charge in [-0.2, -0.15) is 0 Å². The molecule has 3 aliphatic carbocycles. The molecule has 2 nitrogen and oxygen atoms in total. The maximum Gasteiger partial charge on any atom is 0.184 e. The average Bonchev–Trinajstić information content (AvgIpc) is 3.18. The number of ether oxygens (including phenoxy) is 1. The van der Waals surface area contributed by atoms with E-state index in [9.17, 15) is 0 Å². The highest BCUT2D eigenvalue weighted by molar-refractivity contribution is 6.31. The molecule has 0 aromatic heterocycles. The van der Waals surface area contributed by atoms with Crippen molar-refractivity contribution in [1.29, 1.82) is 0 Å². The summed E-state index contributed by atoms with van der Waals surface area (Å²) >= 11 is 6.52. The zero-order valence-corrected chi connectivity index (χ0v) is 16.8. The third-order valence-electron chi connectivity index (χ3n) is 7.77. The van der Waals surface area contributed by atoms with Gasteiger partial charge < -0.3 is 4.74 Å². The zero-order chi connectivity index (χ0) is 17.9. The number of aliphatic imine (C=N–C) groups is 1. The highest BCUT2D eigenvalue weighted by Crippen LogP contribution is 2.62. The summed E-state index contributed by atoms with van der Waals surface area (Å²) in [6, 6.07) is 6.58. The Morgan fingerprint density at radius 1 is 1.19 bits per heavy atom. The van der Waals surface area contributed by atoms with E-state index in [1.807, 2.05) is 0 Å². The molecule has 1 aromatic carbocycles. The summed E-state index contributed by atoms with van der Waals surface area (Å²) in [5.41, 5.74) is 3.41. The van der Waals surface area contributed by atoms with Crippen LogP contribution in [-0.2, 0) is 11.2 Å². The van der Waals surface area contributed by atoms with E-state index in [4.69, 9.17) is 21.3 Å². The zero-order valence-electron chi connectivity index (χ0n) is 16.1. The van der Waals surface area contributed by atoms with E-state index in [-0.39, 0.29) is 5.54 Å². The first-order chi connectivity index (χ1) is 12.5. The summed E-state index contributed by atoms with van der Waals surface area (Å²) in [5.74, 6) is 3.42. The number of hydrogen-bond donors (Lipinski definition) is 0. The fourth-order valence-electron chi connectivity index (χ4n) is 6.73. The Morgan fingerprint density at radius 2 is 2.08 bits per heavy atom. The molecule has 2 fully saturated rings. The molecule has 4 aliphatic rings. The Bertz CT molecular complexity index is 755. The molecule has 0 amide bonds. The van der Waals surface area contributed by atoms with Gasteiger partial charge in [0.1, 0.15) is 6.61 Å². The van der Waals surface area contributed by atoms with Crippen LogP contribution in [0.3, 0.4) is 0 Å². The molecule has 26 heavy (non-hydrogen) atoms. The van der Waals surface area contributed by atoms with Gasteiger partial charge in [0.2, 0.25) is 0 Å². The minimum absolute atomic E-state index is 0.0300. The lowest BCUT2D eigenvalue weighted by molar-refractivity contribution is 0.0460. The second kappa shape index (κ2) is 5.99. The third-order valence-corrected chi connectivity index (χ3v) is 8.12. The van der Waals surface area contributed by atoms with Crippen LogP contribution in [0.2, 0.25) is 5.02 Å². The third kappa shape index (κ3) is 2.63. The minimum Gasteiger partial charge on any atom is -0.478 e. The molecule has 2 saturated carbocycles. The first-order valence-electron chi connectivity index (χ1n) is 10.5. The van der Waals surface area contributed by atoms with Crippen molar-refractivity contribution in [2.24, 2.45) is 22.2 Å². The monoisotopic (exact) mass is 371 g/mol. The predicted octanol–water partition coefficient (Wildman–Crippen LogP) is 6.16. The van der Waals surface area contributed by atoms with Gasteiger partial charge in [0, 0.05) is 11.4 Å². The molecule has 4 atom stereocenters. The van der Waals surface area contributed by atoms with Gasteiger partial charge in [-0.1, -0.05) is 30.2 Å². The van der Waals surface area contributed by atoms with Gasteiger partial charge in [0.25, 0.3) is 0 Å². The van der Waals surface area contributed by atoms with Crippen molar-refractivity contribution in [3.05, 3.63) is 34.3 Å². The molecule has 0 saturated heterocycles. The van der Waals surface area contributed by atoms with Crippen LogP contribution in [0.5, 0.6) is 0 Å². The molecule has 1 aromatic rings. The Kier molecular flexibility index (Phi) is 3.94. The van der Waals surface area contributed by atoms with Crippen LogP contribution in [0.1, 0.15) is 75.8 Å². The van der Waals surface area contributed by atoms with Crippen LogP contribution in [-0.4, -0.2) is 18.0 Å². The van der Waals surface area contributed by atoms with Gasteiger partial charge in [-0.05, 0) is 92.7 Å². The van der Waals surface area contributed by atoms with E-state index < -0.39 is 0 Å². The Balaban J connectivity index is 1.44. The molecule has 0 unspecified atom stereocenters. The highest BCUT2D eigenvalue weighted by Gasteiger charge is 2.53. The van der Waals surface area contributed by atoms with Crippen molar-refractivity contribution in [3.63, 3.8) is 0 Å². The first-order valence-corrected chi connectivity index (χ1v) is 10.8. The molecular formula is C23H30ClNO. The van der Waals surface area contributed by atoms with Crippen molar-refractivity contribution in [2.45, 2.75) is 76.7 Å². The summed E-state index contributed by atoms with van der Waals surface area (Å²) in [4.78, 5) is 4.90. The fraction of sp³-hybridized carbons (Fsp3) is 0.696. The maximum atomic E-state index is 6.52. The van der Waals surface area contributed by atoms with Crippen molar-refractivity contribution in [3.8, 4) is 0 Å². The van der Waals surface area contributed by atoms with Crippen LogP contribution >= 0.6 is 11.6 Å². The second-order valence-electron chi connectivity index (χ2n) is 9.80. The summed E-state index contributed by atoms with van der Waals surface area (Å²) in [6.45, 7) is 5.12. The highest BCUT2D eigenvalue weighted by atomic mass is 35.5. The van der Waals surface area contributed by atoms with E-state index in [0.29, 0.717) is 5.41 Å². The van der Waals surface area contributed by atoms with Crippen molar-refractivity contribution in [2.75, 3.05) is 6.61 Å². The van der Waals surface area contributed by atoms with Crippen molar-refractivity contribution >= 4 is 17.5 Å². The van der Waals surface area contributed by atoms with Gasteiger partial charge in [-0.3, -0.25) is 0 Å². The molecule has 3 heteroatoms. The van der Waals surface area contributed by atoms with Gasteiger partial charge in [0.05, 0.1) is 5.54 Å². The minimum atomic E-state index is -0.0300. The van der Waals surface area contributed by atoms with Crippen molar-refractivity contribution in [1.82, 2.24) is 0 Å². The molecule has 1 heterocycles. The van der Waals surface area contributed by atoms with Crippen LogP contribution in [0, 0.1) is 17.3 Å². The number of hydrogen-bond acceptors (Lipinski definition) is 2. The van der Waals surface area contributed by atoms with Crippen LogP contribution in [0.25, 0.3) is 0 Å². The van der Waals surface area contributed by atoms with Crippen molar-refractivity contribution < 1.29 is 4.74 Å². The molecule has 1 aliphatic heterocycles. The number of fused-ring (bicyclic) bond motifs is 5. The summed E-state index contributed by atoms with van der Waals surface area (Å²) in [6.07, 6.45) is 10.3. The molecule has 0 radical (unpaired) electrons. The summed E-state index contributed by atoms with van der Waals surface area (Å²) < 4.78 is 6.01. The van der Waals surface area contributed by atoms with Crippen LogP contribution in [0.15, 0.2) is 23.2 Å². The molecular weight excluding hydrogens is 342 g/mol. The average molecular weight is 372 g/mol. The lowest BCUT2D eigenvalue weighted by Crippen LogP contribution is -2.42. The topological polar surface area (TPSA) is 21.6 Å². The van der Waals surface area contributed by atoms with E-state index >= 15 is 0 Å². The normalized spacial score (nSPS) is 37.3. The smallest absolute Gasteiger partial charge is 0.184 e. The van der Waals surface area contributed by atoms with Crippen LogP contribution in [0.4, 0.5) is 0 Å². The largest absolute Gasteiger partial charge is 0.478 e. The predicted molar refractivity (Wildman–Crippen MR) is 107 cm³/mol. The quantitative estimate of drug-likeness (QED) is 0.609. The molecule has 0 N–H and O–H groups in total. The van der Waals surface area contributed by atoms with Gasteiger partial charge in [-0.15, -0.1) is 0 Å². The van der Waals surface area contributed by atoms with E-state index in [2.05, 4.69) is 32.0 Å². The maximum absolute atomic E-state index is 6.52. The van der Waals surface area contributed by atoms with Gasteiger partial charge >= 0.3 is 0 Å². The fourth-order valence-corrected chi connectivity index (χ4v) is 7.01. The number of benzene rings is 1. The SMILES string of the molecule is CC1(C)COC(C[C@@]23CCC[C@H]2[C@@H]2CCc4c(Cl)cccc4[C@H]2CC3)=N1. The molecule has 140 valence electrons. The van der Waals surface area contributed by atoms with E-state index in [1.165, 1.54) is 44.1 Å². The van der Waals surface area contributed by atoms with E-state index in [0.717, 1.165) is 48.1 Å². The first kappa shape index (κ1) is 17.1. The number of halogens is 1. The van der Waals surface area contributed by atoms with Crippen LogP contribution < -0.4 is 0 Å². The molecule has 0 bridgehead atoms. The standard InChI is InChI=1S/C23H30ClNO/c1-22(2)14-26-21(25-22)13-23-11-4-6-19(23)17-8-9-18-15(16(17)10-12-23)5-3-7-20(18)24/h3,5,7,16-17,19H,4,6,8-14H2,1-2H3/t16-,17-,19+,23+/m1/s1. The lowest BCUT2D eigenvalue weighted by Gasteiger charge is -2.50. The van der Waals surface area contributed by atoms with E-state index in [1.54, 1.807) is 5.56 Å². The lowest BCUT2D eigenvalue weighted by atomic mass is 9.54. The Hall–Kier alpha value is -1.02. The molecule has 0 spiro atoms. The second-order valence-corrected chi connectivity index (χ2v) is 10.2. The Labute approximate surface area is 162 Å².